The van der Waals surface area contributed by atoms with Gasteiger partial charge in [-0.15, -0.1) is 11.3 Å². The molecule has 4 aromatic heterocycles. The van der Waals surface area contributed by atoms with E-state index in [4.69, 9.17) is 4.98 Å². The van der Waals surface area contributed by atoms with Crippen LogP contribution in [0, 0.1) is 0 Å². The highest BCUT2D eigenvalue weighted by atomic mass is 32.1. The van der Waals surface area contributed by atoms with Crippen LogP contribution in [0.5, 0.6) is 0 Å². The van der Waals surface area contributed by atoms with Crippen LogP contribution in [0.25, 0.3) is 28.9 Å². The maximum atomic E-state index is 12.8. The van der Waals surface area contributed by atoms with Gasteiger partial charge < -0.3 is 20.2 Å². The van der Waals surface area contributed by atoms with Crippen LogP contribution in [0.3, 0.4) is 0 Å². The topological polar surface area (TPSA) is 111 Å². The van der Waals surface area contributed by atoms with E-state index in [0.29, 0.717) is 22.4 Å². The zero-order chi connectivity index (χ0) is 22.5. The molecule has 0 spiro atoms. The van der Waals surface area contributed by atoms with Gasteiger partial charge in [0.05, 0.1) is 32.3 Å². The van der Waals surface area contributed by atoms with E-state index in [2.05, 4.69) is 27.0 Å². The number of imidazole rings is 1. The monoisotopic (exact) mass is 461 g/mol. The molecule has 33 heavy (non-hydrogen) atoms. The van der Waals surface area contributed by atoms with Gasteiger partial charge in [0.1, 0.15) is 5.82 Å². The molecule has 0 atom stereocenters. The van der Waals surface area contributed by atoms with Crippen molar-refractivity contribution in [2.24, 2.45) is 0 Å². The van der Waals surface area contributed by atoms with E-state index in [1.54, 1.807) is 10.7 Å². The number of hydrogen-bond donors (Lipinski definition) is 3. The van der Waals surface area contributed by atoms with Crippen LogP contribution in [0.1, 0.15) is 40.9 Å². The Morgan fingerprint density at radius 2 is 2.06 bits per heavy atom. The maximum absolute atomic E-state index is 12.8. The van der Waals surface area contributed by atoms with E-state index in [9.17, 15) is 9.59 Å². The lowest BCUT2D eigenvalue weighted by Crippen LogP contribution is -2.26. The minimum atomic E-state index is -0.304. The Kier molecular flexibility index (Phi) is 4.68. The first-order valence-electron chi connectivity index (χ1n) is 11.1. The number of anilines is 1. The fraction of sp³-hybridized carbons (Fsp3) is 0.304. The average molecular weight is 462 g/mol. The normalized spacial score (nSPS) is 16.7. The van der Waals surface area contributed by atoms with Gasteiger partial charge in [-0.1, -0.05) is 6.58 Å². The molecule has 0 bridgehead atoms. The third-order valence-electron chi connectivity index (χ3n) is 6.03. The van der Waals surface area contributed by atoms with Crippen molar-refractivity contribution in [3.8, 4) is 10.6 Å². The summed E-state index contributed by atoms with van der Waals surface area (Å²) in [6.07, 6.45) is 7.94. The molecule has 1 aliphatic carbocycles. The Labute approximate surface area is 192 Å². The first kappa shape index (κ1) is 20.0. The molecule has 9 nitrogen and oxygen atoms in total. The molecule has 6 rings (SSSR count). The van der Waals surface area contributed by atoms with Gasteiger partial charge in [0, 0.05) is 30.8 Å². The van der Waals surface area contributed by atoms with Gasteiger partial charge in [-0.25, -0.2) is 9.78 Å². The predicted octanol–water partition coefficient (Wildman–Crippen LogP) is 1.52. The standard InChI is InChI=1S/C23H23N7O2S/c1-13-16(28-23(32)25-13)10-14-12-24-30-20(26-15-4-5-15)11-17(27-21(14)30)18-6-7-19(33-18)22(31)29-8-2-3-9-29/h6-7,10-12,15,26H,1-5,8-9H2,(H2,25,28,32)/b16-10-. The van der Waals surface area contributed by atoms with E-state index >= 15 is 0 Å². The minimum Gasteiger partial charge on any atom is -0.367 e. The maximum Gasteiger partial charge on any atom is 0.323 e. The van der Waals surface area contributed by atoms with E-state index in [0.717, 1.165) is 65.6 Å². The van der Waals surface area contributed by atoms with Crippen molar-refractivity contribution in [3.63, 3.8) is 0 Å². The Morgan fingerprint density at radius 1 is 1.24 bits per heavy atom. The number of likely N-dealkylation sites (tertiary alicyclic amines) is 1. The third-order valence-corrected chi connectivity index (χ3v) is 7.12. The number of carbonyl (C=O) groups is 1. The second-order valence-electron chi connectivity index (χ2n) is 8.56. The molecule has 5 heterocycles. The summed E-state index contributed by atoms with van der Waals surface area (Å²) >= 11 is 1.47. The van der Waals surface area contributed by atoms with Crippen LogP contribution in [0.4, 0.5) is 5.82 Å². The highest BCUT2D eigenvalue weighted by molar-refractivity contribution is 7.17. The van der Waals surface area contributed by atoms with Crippen LogP contribution in [-0.4, -0.2) is 54.5 Å². The summed E-state index contributed by atoms with van der Waals surface area (Å²) in [4.78, 5) is 38.3. The van der Waals surface area contributed by atoms with Gasteiger partial charge in [0.15, 0.2) is 5.65 Å². The molecule has 0 radical (unpaired) electrons. The number of hydrogen-bond acceptors (Lipinski definition) is 6. The van der Waals surface area contributed by atoms with E-state index in [1.807, 2.05) is 29.2 Å². The number of H-pyrrole nitrogens is 2. The number of rotatable bonds is 5. The average Bonchev–Trinajstić information content (AvgIpc) is 3.25. The number of aromatic nitrogens is 5. The second kappa shape index (κ2) is 7.73. The molecule has 4 aromatic rings. The molecule has 1 saturated carbocycles. The van der Waals surface area contributed by atoms with E-state index in [-0.39, 0.29) is 11.6 Å². The van der Waals surface area contributed by atoms with Crippen molar-refractivity contribution < 1.29 is 4.79 Å². The van der Waals surface area contributed by atoms with Gasteiger partial charge in [-0.3, -0.25) is 4.79 Å². The van der Waals surface area contributed by atoms with Crippen molar-refractivity contribution in [1.82, 2.24) is 29.5 Å². The van der Waals surface area contributed by atoms with Crippen LogP contribution >= 0.6 is 11.3 Å². The molecule has 1 amide bonds. The fourth-order valence-electron chi connectivity index (χ4n) is 4.13. The molecule has 10 heteroatoms. The van der Waals surface area contributed by atoms with Crippen molar-refractivity contribution >= 4 is 41.4 Å². The largest absolute Gasteiger partial charge is 0.367 e. The number of amides is 1. The van der Waals surface area contributed by atoms with Crippen molar-refractivity contribution in [2.45, 2.75) is 31.7 Å². The summed E-state index contributed by atoms with van der Waals surface area (Å²) < 4.78 is 1.78. The lowest BCUT2D eigenvalue weighted by Gasteiger charge is -2.13. The molecule has 2 fully saturated rings. The number of fused-ring (bicyclic) bond motifs is 1. The smallest absolute Gasteiger partial charge is 0.323 e. The predicted molar refractivity (Wildman–Crippen MR) is 128 cm³/mol. The Hall–Kier alpha value is -3.66. The van der Waals surface area contributed by atoms with Crippen molar-refractivity contribution in [3.05, 3.63) is 56.0 Å². The molecule has 0 aromatic carbocycles. The number of nitrogens with one attached hydrogen (secondary N) is 3. The molecule has 2 aliphatic rings. The second-order valence-corrected chi connectivity index (χ2v) is 9.64. The highest BCUT2D eigenvalue weighted by Gasteiger charge is 2.24. The lowest BCUT2D eigenvalue weighted by molar-refractivity contribution is 0.0797. The van der Waals surface area contributed by atoms with Gasteiger partial charge in [-0.05, 0) is 43.9 Å². The quantitative estimate of drug-likeness (QED) is 0.417. The summed E-state index contributed by atoms with van der Waals surface area (Å²) in [5.41, 5.74) is 1.91. The molecule has 3 N–H and O–H groups in total. The number of aromatic amines is 2. The summed E-state index contributed by atoms with van der Waals surface area (Å²) in [5.74, 6) is 0.953. The van der Waals surface area contributed by atoms with E-state index in [1.165, 1.54) is 11.3 Å². The molecule has 0 unspecified atom stereocenters. The fourth-order valence-corrected chi connectivity index (χ4v) is 5.06. The number of thiophene rings is 1. The molecule has 168 valence electrons. The Balaban J connectivity index is 1.45. The SMILES string of the molecule is C=c1[nH]c(=O)[nH]/c1=C\c1cnn2c(NC3CC3)cc(-c3ccc(C(=O)N4CCCC4)s3)nc12. The minimum absolute atomic E-state index is 0.0962. The Bertz CT molecular complexity index is 1530. The Morgan fingerprint density at radius 3 is 2.79 bits per heavy atom. The third kappa shape index (κ3) is 3.76. The molecule has 1 saturated heterocycles. The zero-order valence-corrected chi connectivity index (χ0v) is 18.7. The summed E-state index contributed by atoms with van der Waals surface area (Å²) in [5, 5.41) is 9.17. The summed E-state index contributed by atoms with van der Waals surface area (Å²) in [7, 11) is 0. The highest BCUT2D eigenvalue weighted by Crippen LogP contribution is 2.32. The van der Waals surface area contributed by atoms with Crippen LogP contribution in [0.15, 0.2) is 29.2 Å². The number of nitrogens with zero attached hydrogens (tertiary/aromatic N) is 4. The van der Waals surface area contributed by atoms with Crippen LogP contribution in [0.2, 0.25) is 0 Å². The molecular formula is C23H23N7O2S. The van der Waals surface area contributed by atoms with Gasteiger partial charge in [-0.2, -0.15) is 9.61 Å². The van der Waals surface area contributed by atoms with E-state index < -0.39 is 0 Å². The number of carbonyl (C=O) groups excluding carboxylic acids is 1. The van der Waals surface area contributed by atoms with Crippen LogP contribution < -0.4 is 21.7 Å². The first-order valence-corrected chi connectivity index (χ1v) is 11.9. The van der Waals surface area contributed by atoms with Gasteiger partial charge >= 0.3 is 5.69 Å². The molecule has 1 aliphatic heterocycles. The van der Waals surface area contributed by atoms with Crippen molar-refractivity contribution in [1.29, 1.82) is 0 Å². The van der Waals surface area contributed by atoms with Crippen molar-refractivity contribution in [2.75, 3.05) is 18.4 Å². The van der Waals surface area contributed by atoms with Gasteiger partial charge in [0.25, 0.3) is 5.91 Å². The zero-order valence-electron chi connectivity index (χ0n) is 17.9. The summed E-state index contributed by atoms with van der Waals surface area (Å²) in [6.45, 7) is 5.53. The molecular weight excluding hydrogens is 438 g/mol. The lowest BCUT2D eigenvalue weighted by atomic mass is 10.2. The summed E-state index contributed by atoms with van der Waals surface area (Å²) in [6, 6.07) is 6.28. The first-order chi connectivity index (χ1) is 16.0. The van der Waals surface area contributed by atoms with Crippen LogP contribution in [-0.2, 0) is 0 Å². The van der Waals surface area contributed by atoms with Gasteiger partial charge in [0.2, 0.25) is 0 Å².